The third-order valence-electron chi connectivity index (χ3n) is 1.75. The number of rotatable bonds is 8. The first kappa shape index (κ1) is 34.9. The quantitative estimate of drug-likeness (QED) is 0.0482. The van der Waals surface area contributed by atoms with Crippen molar-refractivity contribution in [1.29, 1.82) is 0 Å². The summed E-state index contributed by atoms with van der Waals surface area (Å²) < 4.78 is 0.918. The van der Waals surface area contributed by atoms with E-state index in [0.717, 1.165) is 0 Å². The Hall–Kier alpha value is 1.42. The molecule has 0 bridgehead atoms. The second-order valence-electron chi connectivity index (χ2n) is 3.55. The topological polar surface area (TPSA) is 124 Å². The first-order valence-corrected chi connectivity index (χ1v) is 9.19. The molecule has 0 heterocycles. The summed E-state index contributed by atoms with van der Waals surface area (Å²) in [6.45, 7) is 0.642. The van der Waals surface area contributed by atoms with E-state index in [-0.39, 0.29) is 66.2 Å². The van der Waals surface area contributed by atoms with E-state index in [1.165, 1.54) is 0 Å². The number of nitrogens with one attached hydrogen (secondary N) is 6. The Morgan fingerprint density at radius 1 is 0.692 bits per heavy atom. The molecule has 145 valence electrons. The first-order chi connectivity index (χ1) is 11.1. The van der Waals surface area contributed by atoms with E-state index in [1.807, 2.05) is 0 Å². The standard InChI is InChI=1S/2C4H10N4S4.Mn.Zn/c2*5-1-2(6-3(9)10)7-8-4(11)12;;/h2*2,7H,1,5H2,(H2,6,9,10)(H2,8,11,12);;/q;;2*+2/p-4. The Balaban J connectivity index is -0.000000173. The van der Waals surface area contributed by atoms with Crippen molar-refractivity contribution in [3.63, 3.8) is 0 Å². The maximum Gasteiger partial charge on any atom is 2.00 e. The predicted octanol–water partition coefficient (Wildman–Crippen LogP) is -2.77. The molecule has 26 heavy (non-hydrogen) atoms. The Morgan fingerprint density at radius 2 is 0.962 bits per heavy atom. The van der Waals surface area contributed by atoms with Crippen molar-refractivity contribution in [1.82, 2.24) is 32.3 Å². The van der Waals surface area contributed by atoms with Gasteiger partial charge in [-0.3, -0.25) is 0 Å². The molecule has 0 aromatic heterocycles. The zero-order chi connectivity index (χ0) is 19.1. The van der Waals surface area contributed by atoms with Crippen LogP contribution in [-0.2, 0) is 87.1 Å². The molecule has 2 unspecified atom stereocenters. The number of thiocarbonyl (C=S) groups is 4. The summed E-state index contributed by atoms with van der Waals surface area (Å²) in [6, 6.07) is 0. The molecular weight excluding hydrogens is 585 g/mol. The smallest absolute Gasteiger partial charge is 0.412 e. The summed E-state index contributed by atoms with van der Waals surface area (Å²) in [6.07, 6.45) is -0.508. The fourth-order valence-corrected chi connectivity index (χ4v) is 1.69. The van der Waals surface area contributed by atoms with Gasteiger partial charge >= 0.3 is 36.5 Å². The van der Waals surface area contributed by atoms with Crippen molar-refractivity contribution in [3.8, 4) is 0 Å². The van der Waals surface area contributed by atoms with E-state index in [0.29, 0.717) is 13.1 Å². The van der Waals surface area contributed by atoms with Crippen molar-refractivity contribution < 1.29 is 36.5 Å². The molecule has 18 heteroatoms. The predicted molar refractivity (Wildman–Crippen MR) is 124 cm³/mol. The van der Waals surface area contributed by atoms with Crippen LogP contribution in [0.25, 0.3) is 0 Å². The van der Waals surface area contributed by atoms with Gasteiger partial charge in [-0.05, 0) is 8.64 Å². The minimum Gasteiger partial charge on any atom is -0.412 e. The minimum atomic E-state index is -0.254. The van der Waals surface area contributed by atoms with Gasteiger partial charge in [0.25, 0.3) is 0 Å². The molecule has 0 rings (SSSR count). The van der Waals surface area contributed by atoms with Crippen LogP contribution in [0.4, 0.5) is 0 Å². The second kappa shape index (κ2) is 22.7. The average Bonchev–Trinajstić information content (AvgIpc) is 2.47. The molecule has 0 aliphatic rings. The Labute approximate surface area is 220 Å². The number of nitrogens with two attached hydrogens (primary N) is 2. The molecule has 10 N–H and O–H groups in total. The van der Waals surface area contributed by atoms with Crippen LogP contribution in [0.15, 0.2) is 0 Å². The first-order valence-electron chi connectivity index (χ1n) is 5.92. The van der Waals surface area contributed by atoms with Crippen LogP contribution in [-0.4, -0.2) is 42.7 Å². The average molecular weight is 601 g/mol. The van der Waals surface area contributed by atoms with Gasteiger partial charge in [0.2, 0.25) is 0 Å². The van der Waals surface area contributed by atoms with E-state index >= 15 is 0 Å². The fourth-order valence-electron chi connectivity index (χ4n) is 0.884. The zero-order valence-corrected chi connectivity index (χ0v) is 23.8. The van der Waals surface area contributed by atoms with Crippen molar-refractivity contribution >= 4 is 117 Å². The molecule has 0 aliphatic carbocycles. The van der Waals surface area contributed by atoms with Gasteiger partial charge in [0, 0.05) is 13.1 Å². The molecule has 2 atom stereocenters. The molecule has 8 nitrogen and oxygen atoms in total. The molecule has 0 aromatic carbocycles. The zero-order valence-electron chi connectivity index (χ0n) is 13.1. The van der Waals surface area contributed by atoms with Gasteiger partial charge in [0.05, 0.1) is 0 Å². The van der Waals surface area contributed by atoms with Gasteiger partial charge in [0.1, 0.15) is 12.3 Å². The monoisotopic (exact) mass is 599 g/mol. The summed E-state index contributed by atoms with van der Waals surface area (Å²) in [5.74, 6) is 0. The molecule has 1 radical (unpaired) electrons. The third kappa shape index (κ3) is 27.6. The summed E-state index contributed by atoms with van der Waals surface area (Å²) in [5.41, 5.74) is 21.2. The van der Waals surface area contributed by atoms with E-state index < -0.39 is 0 Å². The summed E-state index contributed by atoms with van der Waals surface area (Å²) >= 11 is 36.9. The summed E-state index contributed by atoms with van der Waals surface area (Å²) in [4.78, 5) is 0. The van der Waals surface area contributed by atoms with Gasteiger partial charge in [-0.25, -0.2) is 10.9 Å². The SMILES string of the molecule is NCC(NNC(=S)[S-])NC(=S)[S-].NCC(NNC(=S)[S-])NC(=S)[S-].[Mn+2].[Zn+2]. The maximum atomic E-state index is 5.36. The van der Waals surface area contributed by atoms with Crippen LogP contribution < -0.4 is 43.8 Å². The van der Waals surface area contributed by atoms with Crippen LogP contribution in [0.5, 0.6) is 0 Å². The molecule has 0 aliphatic heterocycles. The molecule has 0 fully saturated rings. The minimum absolute atomic E-state index is 0. The maximum absolute atomic E-state index is 5.36. The largest absolute Gasteiger partial charge is 2.00 e. The van der Waals surface area contributed by atoms with Crippen molar-refractivity contribution in [2.45, 2.75) is 12.3 Å². The molecule has 0 saturated heterocycles. The van der Waals surface area contributed by atoms with Gasteiger partial charge in [0.15, 0.2) is 0 Å². The molecule has 0 saturated carbocycles. The number of hydrazine groups is 2. The second-order valence-corrected chi connectivity index (χ2v) is 7.85. The van der Waals surface area contributed by atoms with Crippen LogP contribution in [0.1, 0.15) is 0 Å². The van der Waals surface area contributed by atoms with Crippen LogP contribution in [0.2, 0.25) is 0 Å². The Morgan fingerprint density at radius 3 is 1.12 bits per heavy atom. The van der Waals surface area contributed by atoms with Crippen LogP contribution in [0.3, 0.4) is 0 Å². The van der Waals surface area contributed by atoms with Gasteiger partial charge < -0.3 is 132 Å². The third-order valence-corrected chi connectivity index (χ3v) is 2.63. The van der Waals surface area contributed by atoms with E-state index in [4.69, 9.17) is 11.5 Å². The molecular formula is C8H16MnN8S8Zn. The fraction of sp³-hybridized carbons (Fsp3) is 0.500. The Bertz CT molecular complexity index is 395. The van der Waals surface area contributed by atoms with Crippen LogP contribution in [0, 0.1) is 0 Å². The summed E-state index contributed by atoms with van der Waals surface area (Å²) in [7, 11) is 0. The normalized spacial score (nSPS) is 10.8. The number of hydrogen-bond donors (Lipinski definition) is 8. The summed E-state index contributed by atoms with van der Waals surface area (Å²) in [5, 5.41) is 5.45. The molecule has 0 spiro atoms. The number of hydrogen-bond acceptors (Lipinski definition) is 12. The molecule has 0 amide bonds. The Kier molecular flexibility index (Phi) is 30.5. The van der Waals surface area contributed by atoms with Gasteiger partial charge in [-0.2, -0.15) is 0 Å². The van der Waals surface area contributed by atoms with E-state index in [9.17, 15) is 0 Å². The van der Waals surface area contributed by atoms with Crippen LogP contribution >= 0.6 is 48.9 Å². The molecule has 0 aromatic rings. The van der Waals surface area contributed by atoms with E-state index in [1.54, 1.807) is 0 Å². The van der Waals surface area contributed by atoms with Crippen molar-refractivity contribution in [2.75, 3.05) is 13.1 Å². The van der Waals surface area contributed by atoms with E-state index in [2.05, 4.69) is 132 Å². The van der Waals surface area contributed by atoms with Crippen molar-refractivity contribution in [3.05, 3.63) is 0 Å². The van der Waals surface area contributed by atoms with Gasteiger partial charge in [-0.1, -0.05) is 8.64 Å². The van der Waals surface area contributed by atoms with Gasteiger partial charge in [-0.15, -0.1) is 0 Å². The van der Waals surface area contributed by atoms with Crippen molar-refractivity contribution in [2.24, 2.45) is 11.5 Å².